The maximum absolute atomic E-state index is 12.7. The van der Waals surface area contributed by atoms with Crippen LogP contribution >= 0.6 is 0 Å². The first-order valence-electron chi connectivity index (χ1n) is 9.11. The molecule has 24 heavy (non-hydrogen) atoms. The molecule has 5 nitrogen and oxygen atoms in total. The van der Waals surface area contributed by atoms with Crippen LogP contribution in [0.4, 0.5) is 0 Å². The SMILES string of the molecule is CCO[Si](CCC1=C(C(=O)C(C)(C)C)OCCC1)(OCC)OCC. The van der Waals surface area contributed by atoms with Crippen molar-refractivity contribution in [3.8, 4) is 0 Å². The van der Waals surface area contributed by atoms with Gasteiger partial charge in [-0.1, -0.05) is 20.8 Å². The Morgan fingerprint density at radius 2 is 1.62 bits per heavy atom. The molecule has 0 aromatic heterocycles. The molecular formula is C18H34O5Si. The smallest absolute Gasteiger partial charge is 0.490 e. The van der Waals surface area contributed by atoms with Gasteiger partial charge in [0, 0.05) is 31.3 Å². The van der Waals surface area contributed by atoms with Crippen molar-refractivity contribution < 1.29 is 22.8 Å². The molecule has 0 radical (unpaired) electrons. The van der Waals surface area contributed by atoms with Crippen molar-refractivity contribution in [2.45, 2.75) is 66.8 Å². The summed E-state index contributed by atoms with van der Waals surface area (Å²) >= 11 is 0. The van der Waals surface area contributed by atoms with Crippen LogP contribution in [0.2, 0.25) is 6.04 Å². The van der Waals surface area contributed by atoms with E-state index in [9.17, 15) is 4.79 Å². The number of hydrogen-bond acceptors (Lipinski definition) is 5. The Bertz CT molecular complexity index is 422. The second-order valence-electron chi connectivity index (χ2n) is 6.95. The number of ether oxygens (including phenoxy) is 1. The molecule has 1 aliphatic heterocycles. The van der Waals surface area contributed by atoms with Gasteiger partial charge in [0.15, 0.2) is 5.76 Å². The third-order valence-corrected chi connectivity index (χ3v) is 6.95. The minimum absolute atomic E-state index is 0.0775. The fraction of sp³-hybridized carbons (Fsp3) is 0.833. The van der Waals surface area contributed by atoms with Gasteiger partial charge in [-0.25, -0.2) is 0 Å². The number of hydrogen-bond donors (Lipinski definition) is 0. The van der Waals surface area contributed by atoms with Crippen molar-refractivity contribution in [1.82, 2.24) is 0 Å². The first-order chi connectivity index (χ1) is 11.3. The molecule has 0 spiro atoms. The molecule has 0 saturated heterocycles. The van der Waals surface area contributed by atoms with Crippen molar-refractivity contribution >= 4 is 14.6 Å². The lowest BCUT2D eigenvalue weighted by molar-refractivity contribution is -0.126. The van der Waals surface area contributed by atoms with Crippen LogP contribution in [0, 0.1) is 5.41 Å². The predicted octanol–water partition coefficient (Wildman–Crippen LogP) is 4.10. The van der Waals surface area contributed by atoms with Crippen molar-refractivity contribution in [2.24, 2.45) is 5.41 Å². The van der Waals surface area contributed by atoms with E-state index in [0.29, 0.717) is 38.2 Å². The minimum Gasteiger partial charge on any atom is -0.490 e. The number of ketones is 1. The summed E-state index contributed by atoms with van der Waals surface area (Å²) in [6.45, 7) is 14.0. The lowest BCUT2D eigenvalue weighted by Gasteiger charge is -2.30. The second kappa shape index (κ2) is 9.70. The highest BCUT2D eigenvalue weighted by Crippen LogP contribution is 2.32. The van der Waals surface area contributed by atoms with Gasteiger partial charge < -0.3 is 18.0 Å². The second-order valence-corrected chi connectivity index (χ2v) is 9.68. The van der Waals surface area contributed by atoms with Gasteiger partial charge in [-0.3, -0.25) is 4.79 Å². The molecule has 140 valence electrons. The van der Waals surface area contributed by atoms with Crippen molar-refractivity contribution in [3.05, 3.63) is 11.3 Å². The molecule has 0 aromatic carbocycles. The van der Waals surface area contributed by atoms with Gasteiger partial charge >= 0.3 is 8.80 Å². The van der Waals surface area contributed by atoms with Crippen LogP contribution in [-0.2, 0) is 22.8 Å². The van der Waals surface area contributed by atoms with E-state index in [0.717, 1.165) is 24.8 Å². The summed E-state index contributed by atoms with van der Waals surface area (Å²) in [4.78, 5) is 12.7. The Morgan fingerprint density at radius 1 is 1.08 bits per heavy atom. The van der Waals surface area contributed by atoms with E-state index in [4.69, 9.17) is 18.0 Å². The van der Waals surface area contributed by atoms with Gasteiger partial charge in [0.2, 0.25) is 5.78 Å². The quantitative estimate of drug-likeness (QED) is 0.550. The molecule has 0 fully saturated rings. The third-order valence-electron chi connectivity index (χ3n) is 3.90. The summed E-state index contributed by atoms with van der Waals surface area (Å²) < 4.78 is 23.5. The topological polar surface area (TPSA) is 54.0 Å². The zero-order valence-corrected chi connectivity index (χ0v) is 17.2. The normalized spacial score (nSPS) is 16.2. The number of Topliss-reactive ketones (excluding diaryl/α,β-unsaturated/α-hetero) is 1. The first-order valence-corrected chi connectivity index (χ1v) is 11.0. The van der Waals surface area contributed by atoms with Gasteiger partial charge in [-0.15, -0.1) is 0 Å². The van der Waals surface area contributed by atoms with Crippen molar-refractivity contribution in [1.29, 1.82) is 0 Å². The van der Waals surface area contributed by atoms with Crippen LogP contribution in [0.3, 0.4) is 0 Å². The molecule has 0 saturated carbocycles. The van der Waals surface area contributed by atoms with E-state index in [1.165, 1.54) is 0 Å². The first kappa shape index (κ1) is 21.3. The molecule has 0 aromatic rings. The summed E-state index contributed by atoms with van der Waals surface area (Å²) in [6.07, 6.45) is 2.57. The highest BCUT2D eigenvalue weighted by atomic mass is 28.4. The zero-order chi connectivity index (χ0) is 18.2. The molecule has 0 amide bonds. The molecule has 0 unspecified atom stereocenters. The van der Waals surface area contributed by atoms with Gasteiger partial charge in [0.05, 0.1) is 6.61 Å². The van der Waals surface area contributed by atoms with E-state index in [2.05, 4.69) is 0 Å². The fourth-order valence-electron chi connectivity index (χ4n) is 2.79. The molecule has 0 bridgehead atoms. The van der Waals surface area contributed by atoms with Crippen LogP contribution in [0.1, 0.15) is 60.8 Å². The zero-order valence-electron chi connectivity index (χ0n) is 16.2. The van der Waals surface area contributed by atoms with E-state index < -0.39 is 14.2 Å². The van der Waals surface area contributed by atoms with Gasteiger partial charge in [0.25, 0.3) is 0 Å². The largest absolute Gasteiger partial charge is 0.501 e. The Kier molecular flexibility index (Phi) is 8.63. The molecule has 0 atom stereocenters. The number of carbonyl (C=O) groups is 1. The summed E-state index contributed by atoms with van der Waals surface area (Å²) in [5, 5.41) is 0. The van der Waals surface area contributed by atoms with Crippen LogP contribution in [0.15, 0.2) is 11.3 Å². The molecule has 1 heterocycles. The van der Waals surface area contributed by atoms with E-state index >= 15 is 0 Å². The Hall–Kier alpha value is -0.693. The van der Waals surface area contributed by atoms with Crippen LogP contribution < -0.4 is 0 Å². The molecular weight excluding hydrogens is 324 g/mol. The number of carbonyl (C=O) groups excluding carboxylic acids is 1. The lowest BCUT2D eigenvalue weighted by atomic mass is 9.86. The van der Waals surface area contributed by atoms with Crippen molar-refractivity contribution in [3.63, 3.8) is 0 Å². The van der Waals surface area contributed by atoms with E-state index in [1.807, 2.05) is 41.5 Å². The maximum Gasteiger partial charge on any atom is 0.501 e. The Morgan fingerprint density at radius 3 is 2.08 bits per heavy atom. The van der Waals surface area contributed by atoms with Crippen LogP contribution in [-0.4, -0.2) is 41.0 Å². The van der Waals surface area contributed by atoms with Gasteiger partial charge in [-0.2, -0.15) is 0 Å². The standard InChI is InChI=1S/C18H34O5Si/c1-7-21-24(22-8-2,23-9-3)14-12-15-11-10-13-20-16(15)17(19)18(4,5)6/h7-14H2,1-6H3. The summed E-state index contributed by atoms with van der Waals surface area (Å²) in [6, 6.07) is 0.683. The van der Waals surface area contributed by atoms with Crippen LogP contribution in [0.5, 0.6) is 0 Å². The molecule has 1 aliphatic rings. The average Bonchev–Trinajstić information content (AvgIpc) is 2.52. The van der Waals surface area contributed by atoms with Gasteiger partial charge in [0.1, 0.15) is 0 Å². The summed E-state index contributed by atoms with van der Waals surface area (Å²) in [5.74, 6) is 0.634. The number of allylic oxidation sites excluding steroid dienone is 2. The monoisotopic (exact) mass is 358 g/mol. The lowest BCUT2D eigenvalue weighted by Crippen LogP contribution is -2.46. The fourth-order valence-corrected chi connectivity index (χ4v) is 5.40. The average molecular weight is 359 g/mol. The molecule has 1 rings (SSSR count). The third kappa shape index (κ3) is 5.99. The number of rotatable bonds is 10. The predicted molar refractivity (Wildman–Crippen MR) is 96.7 cm³/mol. The summed E-state index contributed by atoms with van der Waals surface area (Å²) in [5.41, 5.74) is 0.642. The maximum atomic E-state index is 12.7. The van der Waals surface area contributed by atoms with Crippen LogP contribution in [0.25, 0.3) is 0 Å². The molecule has 0 aliphatic carbocycles. The highest BCUT2D eigenvalue weighted by molar-refractivity contribution is 6.60. The molecule has 0 N–H and O–H groups in total. The Balaban J connectivity index is 2.96. The van der Waals surface area contributed by atoms with E-state index in [-0.39, 0.29) is 5.78 Å². The van der Waals surface area contributed by atoms with Gasteiger partial charge in [-0.05, 0) is 45.6 Å². The summed E-state index contributed by atoms with van der Waals surface area (Å²) in [7, 11) is -2.69. The Labute approximate surface area is 148 Å². The highest BCUT2D eigenvalue weighted by Gasteiger charge is 2.41. The van der Waals surface area contributed by atoms with E-state index in [1.54, 1.807) is 0 Å². The minimum atomic E-state index is -2.69. The van der Waals surface area contributed by atoms with Crippen molar-refractivity contribution in [2.75, 3.05) is 26.4 Å². The molecule has 6 heteroatoms.